The Labute approximate surface area is 165 Å². The lowest BCUT2D eigenvalue weighted by atomic mass is 10.1. The Morgan fingerprint density at radius 3 is 2.70 bits per heavy atom. The third kappa shape index (κ3) is 4.02. The first-order chi connectivity index (χ1) is 13.2. The molecule has 4 rings (SSSR count). The topological polar surface area (TPSA) is 57.7 Å². The van der Waals surface area contributed by atoms with Crippen molar-refractivity contribution < 1.29 is 19.0 Å². The maximum atomic E-state index is 12.2. The highest BCUT2D eigenvalue weighted by atomic mass is 79.9. The molecule has 0 aliphatic carbocycles. The molecular formula is C21H16BrNO4. The summed E-state index contributed by atoms with van der Waals surface area (Å²) in [5.74, 6) is 0.290. The summed E-state index contributed by atoms with van der Waals surface area (Å²) in [4.78, 5) is 16.1. The minimum atomic E-state index is -0.491. The number of rotatable bonds is 4. The highest BCUT2D eigenvalue weighted by molar-refractivity contribution is 9.10. The van der Waals surface area contributed by atoms with Crippen molar-refractivity contribution in [3.63, 3.8) is 0 Å². The van der Waals surface area contributed by atoms with E-state index < -0.39 is 12.3 Å². The van der Waals surface area contributed by atoms with E-state index in [0.717, 1.165) is 21.2 Å². The molecule has 1 aromatic heterocycles. The molecule has 0 N–H and O–H groups in total. The van der Waals surface area contributed by atoms with Crippen LogP contribution in [0, 0.1) is 0 Å². The number of hydrogen-bond donors (Lipinski definition) is 0. The number of carbonyl (C=O) groups excluding carboxylic acids is 1. The molecule has 0 amide bonds. The lowest BCUT2D eigenvalue weighted by Crippen LogP contribution is -2.19. The predicted molar refractivity (Wildman–Crippen MR) is 102 cm³/mol. The Morgan fingerprint density at radius 1 is 1.15 bits per heavy atom. The molecule has 0 saturated heterocycles. The van der Waals surface area contributed by atoms with Crippen molar-refractivity contribution in [1.82, 2.24) is 4.98 Å². The second kappa shape index (κ2) is 7.90. The van der Waals surface area contributed by atoms with E-state index in [0.29, 0.717) is 17.9 Å². The molecule has 3 aromatic rings. The van der Waals surface area contributed by atoms with Crippen molar-refractivity contribution in [3.05, 3.63) is 93.7 Å². The van der Waals surface area contributed by atoms with Gasteiger partial charge in [0.15, 0.2) is 0 Å². The monoisotopic (exact) mass is 425 g/mol. The molecule has 6 heteroatoms. The smallest absolute Gasteiger partial charge is 0.338 e. The van der Waals surface area contributed by atoms with Crippen LogP contribution in [0.1, 0.15) is 33.3 Å². The Balaban J connectivity index is 1.55. The van der Waals surface area contributed by atoms with E-state index in [-0.39, 0.29) is 6.61 Å². The van der Waals surface area contributed by atoms with Crippen LogP contribution in [0.2, 0.25) is 0 Å². The van der Waals surface area contributed by atoms with Gasteiger partial charge < -0.3 is 14.2 Å². The van der Waals surface area contributed by atoms with E-state index >= 15 is 0 Å². The van der Waals surface area contributed by atoms with Crippen LogP contribution in [0.25, 0.3) is 0 Å². The summed E-state index contributed by atoms with van der Waals surface area (Å²) >= 11 is 3.49. The number of carbonyl (C=O) groups is 1. The molecule has 0 saturated carbocycles. The van der Waals surface area contributed by atoms with E-state index in [4.69, 9.17) is 14.2 Å². The zero-order valence-electron chi connectivity index (χ0n) is 14.3. The summed E-state index contributed by atoms with van der Waals surface area (Å²) < 4.78 is 18.3. The van der Waals surface area contributed by atoms with Crippen LogP contribution in [-0.2, 0) is 22.7 Å². The van der Waals surface area contributed by atoms with Crippen LogP contribution in [-0.4, -0.2) is 11.0 Å². The number of pyridine rings is 1. The second-order valence-corrected chi connectivity index (χ2v) is 6.95. The largest absolute Gasteiger partial charge is 0.460 e. The number of aromatic nitrogens is 1. The minimum Gasteiger partial charge on any atom is -0.460 e. The predicted octanol–water partition coefficient (Wildman–Crippen LogP) is 4.81. The van der Waals surface area contributed by atoms with Gasteiger partial charge in [-0.25, -0.2) is 4.79 Å². The Bertz CT molecular complexity index is 947. The molecule has 1 atom stereocenters. The van der Waals surface area contributed by atoms with E-state index in [9.17, 15) is 4.79 Å². The summed E-state index contributed by atoms with van der Waals surface area (Å²) in [5, 5.41) is 0. The summed E-state index contributed by atoms with van der Waals surface area (Å²) in [6.07, 6.45) is 2.62. The lowest BCUT2D eigenvalue weighted by molar-refractivity contribution is -0.112. The van der Waals surface area contributed by atoms with Crippen molar-refractivity contribution in [3.8, 4) is 5.75 Å². The fraction of sp³-hybridized carbons (Fsp3) is 0.143. The number of benzene rings is 2. The standard InChI is InChI=1S/C21H16BrNO4/c22-18-10-16(12-25-20(24)14-6-8-23-9-7-14)19-17(11-18)13-26-21(27-19)15-4-2-1-3-5-15/h1-11,21H,12-13H2/t21-/m1/s1. The molecule has 2 heterocycles. The average Bonchev–Trinajstić information content (AvgIpc) is 2.72. The van der Waals surface area contributed by atoms with Crippen molar-refractivity contribution in [1.29, 1.82) is 0 Å². The average molecular weight is 426 g/mol. The quantitative estimate of drug-likeness (QED) is 0.561. The van der Waals surface area contributed by atoms with Crippen molar-refractivity contribution in [2.24, 2.45) is 0 Å². The Hall–Kier alpha value is -2.70. The maximum Gasteiger partial charge on any atom is 0.338 e. The molecule has 0 spiro atoms. The molecule has 0 bridgehead atoms. The van der Waals surface area contributed by atoms with Gasteiger partial charge in [-0.2, -0.15) is 0 Å². The normalized spacial score (nSPS) is 15.5. The molecular weight excluding hydrogens is 410 g/mol. The number of hydrogen-bond acceptors (Lipinski definition) is 5. The molecule has 0 radical (unpaired) electrons. The van der Waals surface area contributed by atoms with Gasteiger partial charge in [0.2, 0.25) is 6.29 Å². The maximum absolute atomic E-state index is 12.2. The number of fused-ring (bicyclic) bond motifs is 1. The Morgan fingerprint density at radius 2 is 1.93 bits per heavy atom. The first kappa shape index (κ1) is 17.7. The van der Waals surface area contributed by atoms with Gasteiger partial charge in [0.25, 0.3) is 0 Å². The third-order valence-electron chi connectivity index (χ3n) is 4.17. The molecule has 1 aliphatic heterocycles. The summed E-state index contributed by atoms with van der Waals surface area (Å²) in [6.45, 7) is 0.518. The van der Waals surface area contributed by atoms with E-state index in [1.807, 2.05) is 42.5 Å². The van der Waals surface area contributed by atoms with Gasteiger partial charge in [0.05, 0.1) is 12.2 Å². The van der Waals surface area contributed by atoms with Gasteiger partial charge in [-0.15, -0.1) is 0 Å². The van der Waals surface area contributed by atoms with E-state index in [1.165, 1.54) is 0 Å². The number of esters is 1. The summed E-state index contributed by atoms with van der Waals surface area (Å²) in [5.41, 5.74) is 3.09. The molecule has 0 fully saturated rings. The third-order valence-corrected chi connectivity index (χ3v) is 4.63. The lowest BCUT2D eigenvalue weighted by Gasteiger charge is -2.28. The van der Waals surface area contributed by atoms with Crippen LogP contribution < -0.4 is 4.74 Å². The van der Waals surface area contributed by atoms with Gasteiger partial charge in [-0.05, 0) is 24.3 Å². The fourth-order valence-electron chi connectivity index (χ4n) is 2.87. The molecule has 2 aromatic carbocycles. The van der Waals surface area contributed by atoms with Crippen molar-refractivity contribution in [2.75, 3.05) is 0 Å². The van der Waals surface area contributed by atoms with Crippen molar-refractivity contribution >= 4 is 21.9 Å². The first-order valence-electron chi connectivity index (χ1n) is 8.42. The van der Waals surface area contributed by atoms with Crippen LogP contribution >= 0.6 is 15.9 Å². The number of ether oxygens (including phenoxy) is 3. The van der Waals surface area contributed by atoms with Gasteiger partial charge in [-0.3, -0.25) is 4.98 Å². The molecule has 1 aliphatic rings. The Kier molecular flexibility index (Phi) is 5.18. The fourth-order valence-corrected chi connectivity index (χ4v) is 3.43. The zero-order chi connectivity index (χ0) is 18.6. The second-order valence-electron chi connectivity index (χ2n) is 6.04. The van der Waals surface area contributed by atoms with Crippen molar-refractivity contribution in [2.45, 2.75) is 19.5 Å². The highest BCUT2D eigenvalue weighted by Gasteiger charge is 2.25. The van der Waals surface area contributed by atoms with E-state index in [1.54, 1.807) is 24.5 Å². The van der Waals surface area contributed by atoms with Gasteiger partial charge in [-0.1, -0.05) is 46.3 Å². The van der Waals surface area contributed by atoms with E-state index in [2.05, 4.69) is 20.9 Å². The molecule has 136 valence electrons. The summed E-state index contributed by atoms with van der Waals surface area (Å²) in [6, 6.07) is 16.8. The van der Waals surface area contributed by atoms with Gasteiger partial charge in [0, 0.05) is 33.6 Å². The minimum absolute atomic E-state index is 0.102. The first-order valence-corrected chi connectivity index (χ1v) is 9.21. The highest BCUT2D eigenvalue weighted by Crippen LogP contribution is 2.38. The molecule has 27 heavy (non-hydrogen) atoms. The van der Waals surface area contributed by atoms with Crippen LogP contribution in [0.4, 0.5) is 0 Å². The summed E-state index contributed by atoms with van der Waals surface area (Å²) in [7, 11) is 0. The van der Waals surface area contributed by atoms with Crippen LogP contribution in [0.3, 0.4) is 0 Å². The molecule has 0 unspecified atom stereocenters. The van der Waals surface area contributed by atoms with Crippen LogP contribution in [0.5, 0.6) is 5.75 Å². The SMILES string of the molecule is O=C(OCc1cc(Br)cc2c1O[C@H](c1ccccc1)OC2)c1ccncc1. The van der Waals surface area contributed by atoms with Crippen LogP contribution in [0.15, 0.2) is 71.5 Å². The molecule has 5 nitrogen and oxygen atoms in total. The number of halogens is 1. The number of nitrogens with zero attached hydrogens (tertiary/aromatic N) is 1. The zero-order valence-corrected chi connectivity index (χ0v) is 15.9. The van der Waals surface area contributed by atoms with Gasteiger partial charge in [0.1, 0.15) is 12.4 Å². The van der Waals surface area contributed by atoms with Gasteiger partial charge >= 0.3 is 5.97 Å².